The normalized spacial score (nSPS) is 19.6. The molecule has 0 spiro atoms. The van der Waals surface area contributed by atoms with Crippen molar-refractivity contribution in [3.8, 4) is 11.4 Å². The van der Waals surface area contributed by atoms with E-state index in [1.807, 2.05) is 30.3 Å². The summed E-state index contributed by atoms with van der Waals surface area (Å²) in [6.45, 7) is -0.164. The monoisotopic (exact) mass is 452 g/mol. The Morgan fingerprint density at radius 2 is 2.06 bits per heavy atom. The molecule has 1 aliphatic heterocycles. The Morgan fingerprint density at radius 3 is 2.81 bits per heavy atom. The summed E-state index contributed by atoms with van der Waals surface area (Å²) in [7, 11) is 0. The van der Waals surface area contributed by atoms with E-state index in [0.717, 1.165) is 31.0 Å². The van der Waals surface area contributed by atoms with Crippen LogP contribution in [0.3, 0.4) is 0 Å². The Bertz CT molecular complexity index is 1080. The molecule has 1 aromatic heterocycles. The standard InChI is InChI=1S/C21H22F4N6O/c22-13-32-18-9-8-16(31-20(21(23,24)25)28-29-30-31)11-15(18)12-27-17-7-4-10-26-19(17)14-5-2-1-3-6-14/h1-3,5-6,8-9,11,17,19,26-27H,4,7,10,12-13H2/t17-,19-/m0/s1/i9T. The second kappa shape index (κ2) is 9.61. The SMILES string of the molecule is [3H]c1cc(-n2nnnc2C(F)(F)F)cc(CN[C@H]2CCCN[C@H]2c2ccccc2)c1OCF. The summed E-state index contributed by atoms with van der Waals surface area (Å²) in [4.78, 5) is 0. The van der Waals surface area contributed by atoms with Crippen molar-refractivity contribution in [2.24, 2.45) is 0 Å². The number of alkyl halides is 4. The van der Waals surface area contributed by atoms with E-state index in [0.29, 0.717) is 10.2 Å². The zero-order chi connectivity index (χ0) is 23.4. The molecule has 2 N–H and O–H groups in total. The number of benzene rings is 2. The van der Waals surface area contributed by atoms with Crippen LogP contribution in [0.25, 0.3) is 5.69 Å². The largest absolute Gasteiger partial charge is 0.463 e. The maximum absolute atomic E-state index is 13.3. The van der Waals surface area contributed by atoms with Crippen molar-refractivity contribution >= 4 is 0 Å². The van der Waals surface area contributed by atoms with Crippen LogP contribution in [0.1, 0.15) is 37.2 Å². The molecule has 3 aromatic rings. The molecule has 7 nitrogen and oxygen atoms in total. The zero-order valence-electron chi connectivity index (χ0n) is 17.9. The molecular weight excluding hydrogens is 428 g/mol. The minimum Gasteiger partial charge on any atom is -0.463 e. The molecule has 2 heterocycles. The van der Waals surface area contributed by atoms with Gasteiger partial charge in [0.15, 0.2) is 0 Å². The molecule has 0 aliphatic carbocycles. The van der Waals surface area contributed by atoms with E-state index >= 15 is 0 Å². The van der Waals surface area contributed by atoms with E-state index in [2.05, 4.69) is 26.2 Å². The molecule has 0 unspecified atom stereocenters. The Morgan fingerprint density at radius 1 is 1.25 bits per heavy atom. The van der Waals surface area contributed by atoms with Crippen LogP contribution in [0, 0.1) is 0 Å². The Balaban J connectivity index is 1.63. The lowest BCUT2D eigenvalue weighted by molar-refractivity contribution is -0.146. The minimum atomic E-state index is -4.78. The van der Waals surface area contributed by atoms with Gasteiger partial charge in [0.05, 0.1) is 7.06 Å². The van der Waals surface area contributed by atoms with E-state index in [1.165, 1.54) is 6.07 Å². The summed E-state index contributed by atoms with van der Waals surface area (Å²) < 4.78 is 66.5. The van der Waals surface area contributed by atoms with E-state index in [4.69, 9.17) is 6.11 Å². The number of rotatable bonds is 7. The molecule has 1 aliphatic rings. The number of nitrogens with one attached hydrogen (secondary N) is 2. The fourth-order valence-corrected chi connectivity index (χ4v) is 3.86. The molecule has 11 heteroatoms. The third-order valence-corrected chi connectivity index (χ3v) is 5.30. The molecule has 0 amide bonds. The average molecular weight is 452 g/mol. The fraction of sp³-hybridized carbons (Fsp3) is 0.381. The number of aromatic nitrogens is 4. The summed E-state index contributed by atoms with van der Waals surface area (Å²) in [5.74, 6) is -1.36. The molecule has 2 aromatic carbocycles. The number of tetrazole rings is 1. The Kier molecular flexibility index (Phi) is 6.26. The van der Waals surface area contributed by atoms with Gasteiger partial charge in [0.2, 0.25) is 6.86 Å². The molecule has 1 fully saturated rings. The van der Waals surface area contributed by atoms with Crippen LogP contribution in [0.15, 0.2) is 48.5 Å². The highest BCUT2D eigenvalue weighted by Crippen LogP contribution is 2.30. The second-order valence-corrected chi connectivity index (χ2v) is 7.35. The highest BCUT2D eigenvalue weighted by atomic mass is 19.4. The topological polar surface area (TPSA) is 76.9 Å². The number of hydrogen-bond donors (Lipinski definition) is 2. The van der Waals surface area contributed by atoms with E-state index in [-0.39, 0.29) is 36.1 Å². The summed E-state index contributed by atoms with van der Waals surface area (Å²) >= 11 is 0. The minimum absolute atomic E-state index is 0.0102. The van der Waals surface area contributed by atoms with Crippen molar-refractivity contribution in [1.29, 1.82) is 0 Å². The van der Waals surface area contributed by atoms with Gasteiger partial charge in [-0.2, -0.15) is 17.9 Å². The van der Waals surface area contributed by atoms with Gasteiger partial charge in [0.1, 0.15) is 5.75 Å². The molecule has 1 saturated heterocycles. The lowest BCUT2D eigenvalue weighted by Crippen LogP contribution is -2.45. The quantitative estimate of drug-likeness (QED) is 0.534. The molecular formula is C21H22F4N6O. The number of ether oxygens (including phenoxy) is 1. The van der Waals surface area contributed by atoms with Crippen molar-refractivity contribution in [3.05, 3.63) is 65.5 Å². The van der Waals surface area contributed by atoms with Crippen molar-refractivity contribution < 1.29 is 23.7 Å². The molecule has 2 atom stereocenters. The van der Waals surface area contributed by atoms with Gasteiger partial charge in [-0.05, 0) is 53.6 Å². The lowest BCUT2D eigenvalue weighted by Gasteiger charge is -2.34. The summed E-state index contributed by atoms with van der Waals surface area (Å²) in [6, 6.07) is 12.1. The number of piperidine rings is 1. The highest BCUT2D eigenvalue weighted by molar-refractivity contribution is 5.44. The maximum Gasteiger partial charge on any atom is 0.453 e. The molecule has 0 radical (unpaired) electrons. The predicted octanol–water partition coefficient (Wildman–Crippen LogP) is 3.57. The number of hydrogen-bond acceptors (Lipinski definition) is 6. The van der Waals surface area contributed by atoms with Gasteiger partial charge < -0.3 is 15.4 Å². The Hall–Kier alpha value is -3.05. The zero-order valence-corrected chi connectivity index (χ0v) is 16.9. The van der Waals surface area contributed by atoms with Crippen molar-refractivity contribution in [2.45, 2.75) is 37.6 Å². The second-order valence-electron chi connectivity index (χ2n) is 7.35. The molecule has 170 valence electrons. The van der Waals surface area contributed by atoms with Crippen LogP contribution < -0.4 is 15.4 Å². The van der Waals surface area contributed by atoms with Crippen molar-refractivity contribution in [1.82, 2.24) is 30.8 Å². The fourth-order valence-electron chi connectivity index (χ4n) is 3.86. The number of halogens is 4. The van der Waals surface area contributed by atoms with E-state index < -0.39 is 18.9 Å². The lowest BCUT2D eigenvalue weighted by atomic mass is 9.92. The summed E-state index contributed by atoms with van der Waals surface area (Å²) in [5, 5.41) is 16.5. The van der Waals surface area contributed by atoms with Gasteiger partial charge in [-0.3, -0.25) is 0 Å². The maximum atomic E-state index is 13.3. The van der Waals surface area contributed by atoms with Crippen LogP contribution in [0.4, 0.5) is 17.6 Å². The smallest absolute Gasteiger partial charge is 0.453 e. The summed E-state index contributed by atoms with van der Waals surface area (Å²) in [5.41, 5.74) is 1.37. The van der Waals surface area contributed by atoms with Gasteiger partial charge in [-0.15, -0.1) is 5.10 Å². The van der Waals surface area contributed by atoms with Crippen LogP contribution in [-0.4, -0.2) is 39.7 Å². The molecule has 4 rings (SSSR count). The molecule has 0 saturated carbocycles. The molecule has 0 bridgehead atoms. The van der Waals surface area contributed by atoms with E-state index in [9.17, 15) is 17.6 Å². The van der Waals surface area contributed by atoms with Gasteiger partial charge in [0.25, 0.3) is 5.82 Å². The highest BCUT2D eigenvalue weighted by Gasteiger charge is 2.38. The first-order valence-corrected chi connectivity index (χ1v) is 10.1. The van der Waals surface area contributed by atoms with Crippen LogP contribution in [0.2, 0.25) is 0 Å². The van der Waals surface area contributed by atoms with Crippen LogP contribution in [-0.2, 0) is 12.7 Å². The van der Waals surface area contributed by atoms with Gasteiger partial charge in [-0.1, -0.05) is 30.3 Å². The van der Waals surface area contributed by atoms with Crippen molar-refractivity contribution in [2.75, 3.05) is 13.4 Å². The first-order chi connectivity index (χ1) is 15.9. The third-order valence-electron chi connectivity index (χ3n) is 5.30. The van der Waals surface area contributed by atoms with Crippen molar-refractivity contribution in [3.63, 3.8) is 0 Å². The first-order valence-electron chi connectivity index (χ1n) is 10.6. The average Bonchev–Trinajstić information content (AvgIpc) is 3.31. The van der Waals surface area contributed by atoms with Gasteiger partial charge in [0, 0.05) is 24.2 Å². The van der Waals surface area contributed by atoms with Gasteiger partial charge >= 0.3 is 6.18 Å². The number of nitrogens with zero attached hydrogens (tertiary/aromatic N) is 4. The van der Waals surface area contributed by atoms with Crippen LogP contribution >= 0.6 is 0 Å². The van der Waals surface area contributed by atoms with Crippen LogP contribution in [0.5, 0.6) is 5.75 Å². The first kappa shape index (κ1) is 20.8. The summed E-state index contributed by atoms with van der Waals surface area (Å²) in [6.07, 6.45) is -2.97. The van der Waals surface area contributed by atoms with Gasteiger partial charge in [-0.25, -0.2) is 4.39 Å². The Labute approximate surface area is 183 Å². The third kappa shape index (κ3) is 4.89. The van der Waals surface area contributed by atoms with E-state index in [1.54, 1.807) is 0 Å². The predicted molar refractivity (Wildman–Crippen MR) is 108 cm³/mol. The molecule has 32 heavy (non-hydrogen) atoms.